The fourth-order valence-electron chi connectivity index (χ4n) is 5.57. The van der Waals surface area contributed by atoms with Crippen molar-refractivity contribution in [3.05, 3.63) is 12.2 Å². The Morgan fingerprint density at radius 2 is 1.13 bits per heavy atom. The van der Waals surface area contributed by atoms with E-state index in [0.717, 1.165) is 38.5 Å². The van der Waals surface area contributed by atoms with Crippen molar-refractivity contribution in [2.24, 2.45) is 0 Å². The molecule has 3 N–H and O–H groups in total. The molecule has 9 heteroatoms. The van der Waals surface area contributed by atoms with Gasteiger partial charge in [-0.1, -0.05) is 161 Å². The first-order chi connectivity index (χ1) is 22.5. The first-order valence-electron chi connectivity index (χ1n) is 19.6. The molecule has 8 nitrogen and oxygen atoms in total. The van der Waals surface area contributed by atoms with Gasteiger partial charge in [-0.05, 0) is 19.3 Å². The lowest BCUT2D eigenvalue weighted by molar-refractivity contribution is -0.870. The number of phosphoric acid groups is 1. The van der Waals surface area contributed by atoms with E-state index in [1.54, 1.807) is 6.08 Å². The number of hydrogen-bond acceptors (Lipinski definition) is 5. The van der Waals surface area contributed by atoms with E-state index < -0.39 is 20.0 Å². The molecule has 3 atom stereocenters. The molecule has 1 unspecified atom stereocenters. The second-order valence-electron chi connectivity index (χ2n) is 14.7. The zero-order chi connectivity index (χ0) is 35.1. The lowest BCUT2D eigenvalue weighted by Crippen LogP contribution is -2.45. The van der Waals surface area contributed by atoms with Crippen LogP contribution in [0.3, 0.4) is 0 Å². The zero-order valence-electron chi connectivity index (χ0n) is 31.5. The van der Waals surface area contributed by atoms with Gasteiger partial charge >= 0.3 is 7.82 Å². The zero-order valence-corrected chi connectivity index (χ0v) is 32.4. The Labute approximate surface area is 291 Å². The van der Waals surface area contributed by atoms with Crippen LogP contribution in [-0.4, -0.2) is 73.4 Å². The minimum Gasteiger partial charge on any atom is -0.387 e. The summed E-state index contributed by atoms with van der Waals surface area (Å²) in [5.41, 5.74) is 0. The number of rotatable bonds is 35. The van der Waals surface area contributed by atoms with Crippen molar-refractivity contribution in [1.29, 1.82) is 0 Å². The van der Waals surface area contributed by atoms with E-state index in [1.807, 2.05) is 27.2 Å². The maximum atomic E-state index is 12.8. The first kappa shape index (κ1) is 46.2. The number of quaternary nitrogens is 1. The van der Waals surface area contributed by atoms with Crippen molar-refractivity contribution < 1.29 is 32.9 Å². The second-order valence-corrected chi connectivity index (χ2v) is 16.1. The molecule has 47 heavy (non-hydrogen) atoms. The van der Waals surface area contributed by atoms with Crippen LogP contribution in [-0.2, 0) is 18.4 Å². The van der Waals surface area contributed by atoms with Gasteiger partial charge in [-0.15, -0.1) is 0 Å². The third-order valence-electron chi connectivity index (χ3n) is 8.76. The van der Waals surface area contributed by atoms with Crippen molar-refractivity contribution in [1.82, 2.24) is 5.32 Å². The molecule has 0 aliphatic heterocycles. The van der Waals surface area contributed by atoms with Gasteiger partial charge in [-0.3, -0.25) is 13.8 Å². The van der Waals surface area contributed by atoms with Crippen LogP contribution in [0.4, 0.5) is 0 Å². The van der Waals surface area contributed by atoms with Crippen molar-refractivity contribution in [3.8, 4) is 0 Å². The summed E-state index contributed by atoms with van der Waals surface area (Å²) in [6.45, 7) is 4.78. The molecule has 1 amide bonds. The number of amides is 1. The molecule has 0 aliphatic rings. The maximum Gasteiger partial charge on any atom is 0.472 e. The Hall–Kier alpha value is -0.760. The number of carbonyl (C=O) groups excluding carboxylic acids is 1. The largest absolute Gasteiger partial charge is 0.472 e. The summed E-state index contributed by atoms with van der Waals surface area (Å²) < 4.78 is 23.4. The number of aliphatic hydroxyl groups excluding tert-OH is 1. The number of nitrogens with one attached hydrogen (secondary N) is 1. The van der Waals surface area contributed by atoms with E-state index in [-0.39, 0.29) is 19.1 Å². The molecule has 0 radical (unpaired) electrons. The van der Waals surface area contributed by atoms with Gasteiger partial charge < -0.3 is 19.8 Å². The average Bonchev–Trinajstić information content (AvgIpc) is 3.01. The number of allylic oxidation sites excluding steroid dienone is 1. The fourth-order valence-corrected chi connectivity index (χ4v) is 6.31. The van der Waals surface area contributed by atoms with Crippen molar-refractivity contribution in [2.45, 2.75) is 187 Å². The van der Waals surface area contributed by atoms with Crippen LogP contribution in [0, 0.1) is 0 Å². The predicted molar refractivity (Wildman–Crippen MR) is 198 cm³/mol. The van der Waals surface area contributed by atoms with Crippen LogP contribution in [0.1, 0.15) is 174 Å². The van der Waals surface area contributed by atoms with E-state index >= 15 is 0 Å². The van der Waals surface area contributed by atoms with Gasteiger partial charge in [0.2, 0.25) is 5.91 Å². The Morgan fingerprint density at radius 3 is 1.57 bits per heavy atom. The van der Waals surface area contributed by atoms with Crippen LogP contribution in [0.15, 0.2) is 12.2 Å². The lowest BCUT2D eigenvalue weighted by Gasteiger charge is -2.25. The highest BCUT2D eigenvalue weighted by molar-refractivity contribution is 7.47. The molecule has 0 saturated carbocycles. The van der Waals surface area contributed by atoms with Gasteiger partial charge in [0.1, 0.15) is 13.2 Å². The number of hydrogen-bond donors (Lipinski definition) is 3. The smallest absolute Gasteiger partial charge is 0.387 e. The number of likely N-dealkylation sites (N-methyl/N-ethyl adjacent to an activating group) is 1. The average molecular weight is 690 g/mol. The molecular formula is C38H78N2O6P+. The number of nitrogens with zero attached hydrogens (tertiary/aromatic N) is 1. The molecule has 0 aliphatic carbocycles. The topological polar surface area (TPSA) is 105 Å². The van der Waals surface area contributed by atoms with Gasteiger partial charge in [-0.2, -0.15) is 0 Å². The van der Waals surface area contributed by atoms with E-state index in [4.69, 9.17) is 9.05 Å². The molecule has 0 aromatic rings. The summed E-state index contributed by atoms with van der Waals surface area (Å²) in [6, 6.07) is -0.837. The number of phosphoric ester groups is 1. The molecule has 0 saturated heterocycles. The first-order valence-corrected chi connectivity index (χ1v) is 21.1. The highest BCUT2D eigenvalue weighted by Gasteiger charge is 2.27. The third-order valence-corrected chi connectivity index (χ3v) is 9.74. The minimum absolute atomic E-state index is 0.0640. The van der Waals surface area contributed by atoms with Crippen LogP contribution < -0.4 is 5.32 Å². The Bertz CT molecular complexity index is 789. The summed E-state index contributed by atoms with van der Waals surface area (Å²) in [5.74, 6) is -0.178. The standard InChI is InChI=1S/C38H77N2O6P/c1-6-8-10-12-14-16-18-19-20-21-22-24-26-28-30-32-38(42)39-36(35-46-47(43,44)45-34-33-40(3,4)5)37(41)31-29-27-25-23-17-15-13-11-9-7-2/h29,31,36-37,41H,6-28,30,32-35H2,1-5H3,(H-,39,42,43,44)/p+1/b31-29+/t36-,37+/m0/s1. The molecule has 0 bridgehead atoms. The SMILES string of the molecule is CCCCCCCCCC/C=C/[C@@H](O)[C@H](COP(=O)(O)OCC[N+](C)(C)C)NC(=O)CCCCCCCCCCCCCCCCC. The van der Waals surface area contributed by atoms with Crippen LogP contribution in [0.25, 0.3) is 0 Å². The van der Waals surface area contributed by atoms with E-state index in [0.29, 0.717) is 17.4 Å². The number of carbonyl (C=O) groups is 1. The van der Waals surface area contributed by atoms with Gasteiger partial charge in [-0.25, -0.2) is 4.57 Å². The summed E-state index contributed by atoms with van der Waals surface area (Å²) in [6.07, 6.45) is 32.7. The predicted octanol–water partition coefficient (Wildman–Crippen LogP) is 10.0. The molecular weight excluding hydrogens is 611 g/mol. The summed E-state index contributed by atoms with van der Waals surface area (Å²) >= 11 is 0. The van der Waals surface area contributed by atoms with Crippen molar-refractivity contribution >= 4 is 13.7 Å². The van der Waals surface area contributed by atoms with Gasteiger partial charge in [0.05, 0.1) is 39.9 Å². The Morgan fingerprint density at radius 1 is 0.702 bits per heavy atom. The lowest BCUT2D eigenvalue weighted by atomic mass is 10.0. The molecule has 0 spiro atoms. The molecule has 0 fully saturated rings. The van der Waals surface area contributed by atoms with Crippen LogP contribution >= 0.6 is 7.82 Å². The highest BCUT2D eigenvalue weighted by Crippen LogP contribution is 2.43. The summed E-state index contributed by atoms with van der Waals surface area (Å²) in [7, 11) is 1.58. The van der Waals surface area contributed by atoms with E-state index in [2.05, 4.69) is 19.2 Å². The van der Waals surface area contributed by atoms with Crippen LogP contribution in [0.5, 0.6) is 0 Å². The molecule has 0 heterocycles. The van der Waals surface area contributed by atoms with Crippen molar-refractivity contribution in [3.63, 3.8) is 0 Å². The molecule has 0 aromatic carbocycles. The minimum atomic E-state index is -4.32. The molecule has 280 valence electrons. The quantitative estimate of drug-likeness (QED) is 0.0265. The second kappa shape index (κ2) is 31.2. The highest BCUT2D eigenvalue weighted by atomic mass is 31.2. The van der Waals surface area contributed by atoms with Gasteiger partial charge in [0.25, 0.3) is 0 Å². The summed E-state index contributed by atoms with van der Waals surface area (Å²) in [5, 5.41) is 13.7. The monoisotopic (exact) mass is 690 g/mol. The number of aliphatic hydroxyl groups is 1. The van der Waals surface area contributed by atoms with Gasteiger partial charge in [0.15, 0.2) is 0 Å². The Balaban J connectivity index is 4.45. The van der Waals surface area contributed by atoms with Gasteiger partial charge in [0, 0.05) is 6.42 Å². The number of unbranched alkanes of at least 4 members (excludes halogenated alkanes) is 22. The Kier molecular flexibility index (Phi) is 30.7. The van der Waals surface area contributed by atoms with E-state index in [1.165, 1.54) is 116 Å². The molecule has 0 aromatic heterocycles. The third kappa shape index (κ3) is 33.5. The summed E-state index contributed by atoms with van der Waals surface area (Å²) in [4.78, 5) is 23.0. The molecule has 0 rings (SSSR count). The maximum absolute atomic E-state index is 12.8. The van der Waals surface area contributed by atoms with Crippen LogP contribution in [0.2, 0.25) is 0 Å². The van der Waals surface area contributed by atoms with E-state index in [9.17, 15) is 19.4 Å². The normalized spacial score (nSPS) is 14.8. The fraction of sp³-hybridized carbons (Fsp3) is 0.921. The van der Waals surface area contributed by atoms with Crippen molar-refractivity contribution in [2.75, 3.05) is 40.9 Å².